The zero-order valence-corrected chi connectivity index (χ0v) is 34.7. The van der Waals surface area contributed by atoms with Gasteiger partial charge in [-0.1, -0.05) is 67.9 Å². The van der Waals surface area contributed by atoms with Crippen molar-refractivity contribution in [3.05, 3.63) is 11.1 Å². The SMILES string of the molecule is CC(C)C1=C2C3CC[C@H]4C(C)(CC[C@H]5C(C)(C)[C@@H](OC(=O)[C@H]6C[C@@H](C(=O)O)C6(C)C)CC[C@@]54C)[C@]3(C)CC[C@@]2([C@@H](O)CNC(=O)[C@H]2CCCNC2)CC1=O. The van der Waals surface area contributed by atoms with Crippen LogP contribution in [0.4, 0.5) is 0 Å². The minimum absolute atomic E-state index is 0.00127. The molecule has 7 aliphatic rings. The molecule has 9 heteroatoms. The van der Waals surface area contributed by atoms with Crippen molar-refractivity contribution >= 4 is 23.6 Å². The smallest absolute Gasteiger partial charge is 0.309 e. The van der Waals surface area contributed by atoms with Crippen LogP contribution in [0.3, 0.4) is 0 Å². The number of allylic oxidation sites excluding steroid dienone is 1. The van der Waals surface area contributed by atoms with E-state index in [0.29, 0.717) is 31.2 Å². The number of carbonyl (C=O) groups excluding carboxylic acids is 3. The lowest BCUT2D eigenvalue weighted by Gasteiger charge is -2.72. The standard InChI is InChI=1S/C45H70N2O7/c1-25(2)35-30(48)22-45(33(49)24-47-37(50)26-11-10-20-46-23-26)19-18-43(8)27(36(35)45)12-13-32-42(7)16-15-34(41(5,6)31(42)14-17-44(32,43)9)54-39(53)29-21-28(38(51)52)40(29,3)4/h25-29,31-34,46,49H,10-24H2,1-9H3,(H,47,50)(H,51,52)/t26-,27?,28-,29+,31-,32+,33-,34-,42-,43+,44?,45-/m0/s1. The number of Topliss-reactive ketones (excluding diaryl/α,β-unsaturated/α-hetero) is 1. The Kier molecular flexibility index (Phi) is 9.92. The zero-order valence-electron chi connectivity index (χ0n) is 34.7. The summed E-state index contributed by atoms with van der Waals surface area (Å²) >= 11 is 0. The molecule has 4 N–H and O–H groups in total. The van der Waals surface area contributed by atoms with Crippen molar-refractivity contribution in [3.8, 4) is 0 Å². The number of aliphatic carboxylic acids is 1. The van der Waals surface area contributed by atoms with Gasteiger partial charge in [-0.05, 0) is 128 Å². The van der Waals surface area contributed by atoms with Crippen LogP contribution in [0.2, 0.25) is 0 Å². The lowest BCUT2D eigenvalue weighted by Crippen LogP contribution is -2.66. The van der Waals surface area contributed by atoms with Gasteiger partial charge in [0.2, 0.25) is 5.91 Å². The first-order chi connectivity index (χ1) is 25.2. The number of fused-ring (bicyclic) bond motifs is 7. The molecule has 6 fully saturated rings. The van der Waals surface area contributed by atoms with Gasteiger partial charge in [-0.2, -0.15) is 0 Å². The predicted octanol–water partition coefficient (Wildman–Crippen LogP) is 7.10. The van der Waals surface area contributed by atoms with E-state index in [0.717, 1.165) is 76.3 Å². The number of carboxylic acid groups (broad SMARTS) is 1. The average molecular weight is 751 g/mol. The first-order valence-electron chi connectivity index (χ1n) is 21.5. The molecule has 302 valence electrons. The first-order valence-corrected chi connectivity index (χ1v) is 21.5. The van der Waals surface area contributed by atoms with Crippen molar-refractivity contribution < 1.29 is 34.1 Å². The molecule has 0 bridgehead atoms. The van der Waals surface area contributed by atoms with Gasteiger partial charge in [-0.15, -0.1) is 0 Å². The van der Waals surface area contributed by atoms with Gasteiger partial charge in [0.1, 0.15) is 6.10 Å². The molecule has 12 atom stereocenters. The second-order valence-electron chi connectivity index (χ2n) is 21.4. The van der Waals surface area contributed by atoms with Gasteiger partial charge < -0.3 is 25.6 Å². The molecule has 1 saturated heterocycles. The fourth-order valence-corrected chi connectivity index (χ4v) is 14.9. The highest BCUT2D eigenvalue weighted by molar-refractivity contribution is 6.00. The highest BCUT2D eigenvalue weighted by atomic mass is 16.5. The van der Waals surface area contributed by atoms with E-state index < -0.39 is 28.8 Å². The summed E-state index contributed by atoms with van der Waals surface area (Å²) < 4.78 is 6.41. The summed E-state index contributed by atoms with van der Waals surface area (Å²) in [4.78, 5) is 52.6. The number of carboxylic acids is 1. The van der Waals surface area contributed by atoms with Crippen LogP contribution in [-0.4, -0.2) is 65.7 Å². The van der Waals surface area contributed by atoms with E-state index in [-0.39, 0.29) is 75.6 Å². The number of piperidine rings is 1. The van der Waals surface area contributed by atoms with E-state index in [4.69, 9.17) is 4.74 Å². The Morgan fingerprint density at radius 3 is 2.22 bits per heavy atom. The minimum Gasteiger partial charge on any atom is -0.481 e. The van der Waals surface area contributed by atoms with Crippen LogP contribution < -0.4 is 10.6 Å². The van der Waals surface area contributed by atoms with E-state index in [9.17, 15) is 29.4 Å². The summed E-state index contributed by atoms with van der Waals surface area (Å²) in [5.74, 6) is -0.726. The molecule has 0 spiro atoms. The van der Waals surface area contributed by atoms with Gasteiger partial charge in [0, 0.05) is 30.3 Å². The summed E-state index contributed by atoms with van der Waals surface area (Å²) in [5, 5.41) is 28.2. The van der Waals surface area contributed by atoms with Crippen molar-refractivity contribution in [2.75, 3.05) is 19.6 Å². The van der Waals surface area contributed by atoms with Gasteiger partial charge in [0.25, 0.3) is 0 Å². The molecule has 54 heavy (non-hydrogen) atoms. The number of ether oxygens (including phenoxy) is 1. The molecule has 7 rings (SSSR count). The summed E-state index contributed by atoms with van der Waals surface area (Å²) in [5.41, 5.74) is 0.747. The highest BCUT2D eigenvalue weighted by Gasteiger charge is 2.71. The Balaban J connectivity index is 1.13. The van der Waals surface area contributed by atoms with Crippen LogP contribution in [0.15, 0.2) is 11.1 Å². The van der Waals surface area contributed by atoms with Crippen LogP contribution in [0.5, 0.6) is 0 Å². The van der Waals surface area contributed by atoms with Crippen molar-refractivity contribution in [2.45, 2.75) is 152 Å². The third-order valence-electron chi connectivity index (χ3n) is 18.3. The van der Waals surface area contributed by atoms with Gasteiger partial charge in [0.05, 0.1) is 23.9 Å². The van der Waals surface area contributed by atoms with Crippen LogP contribution >= 0.6 is 0 Å². The first kappa shape index (κ1) is 40.0. The Morgan fingerprint density at radius 2 is 1.59 bits per heavy atom. The van der Waals surface area contributed by atoms with Crippen molar-refractivity contribution in [3.63, 3.8) is 0 Å². The molecule has 1 amide bonds. The maximum absolute atomic E-state index is 14.1. The second-order valence-corrected chi connectivity index (χ2v) is 21.4. The number of aliphatic hydroxyl groups excluding tert-OH is 1. The number of aliphatic hydroxyl groups is 1. The molecular formula is C45H70N2O7. The van der Waals surface area contributed by atoms with Crippen LogP contribution in [0.25, 0.3) is 0 Å². The highest BCUT2D eigenvalue weighted by Crippen LogP contribution is 2.77. The number of ketones is 1. The number of nitrogens with one attached hydrogen (secondary N) is 2. The maximum Gasteiger partial charge on any atom is 0.309 e. The third-order valence-corrected chi connectivity index (χ3v) is 18.3. The lowest BCUT2D eigenvalue weighted by atomic mass is 9.33. The van der Waals surface area contributed by atoms with Gasteiger partial charge >= 0.3 is 11.9 Å². The molecule has 9 nitrogen and oxygen atoms in total. The summed E-state index contributed by atoms with van der Waals surface area (Å²) in [7, 11) is 0. The number of esters is 1. The van der Waals surface area contributed by atoms with E-state index >= 15 is 0 Å². The lowest BCUT2D eigenvalue weighted by molar-refractivity contribution is -0.238. The number of hydrogen-bond acceptors (Lipinski definition) is 7. The minimum atomic E-state index is -0.834. The van der Waals surface area contributed by atoms with Gasteiger partial charge in [-0.3, -0.25) is 19.2 Å². The Labute approximate surface area is 324 Å². The molecular weight excluding hydrogens is 681 g/mol. The summed E-state index contributed by atoms with van der Waals surface area (Å²) in [6, 6.07) is 0. The van der Waals surface area contributed by atoms with E-state index in [2.05, 4.69) is 59.1 Å². The predicted molar refractivity (Wildman–Crippen MR) is 207 cm³/mol. The summed E-state index contributed by atoms with van der Waals surface area (Å²) in [6.07, 6.45) is 9.20. The number of hydrogen-bond donors (Lipinski definition) is 4. The zero-order chi connectivity index (χ0) is 39.4. The Bertz CT molecular complexity index is 1590. The molecule has 0 radical (unpaired) electrons. The van der Waals surface area contributed by atoms with E-state index in [1.54, 1.807) is 0 Å². The number of amides is 1. The third kappa shape index (κ3) is 5.64. The largest absolute Gasteiger partial charge is 0.481 e. The molecule has 2 unspecified atom stereocenters. The van der Waals surface area contributed by atoms with Crippen LogP contribution in [0, 0.1) is 73.9 Å². The number of carbonyl (C=O) groups is 4. The monoisotopic (exact) mass is 751 g/mol. The van der Waals surface area contributed by atoms with Crippen LogP contribution in [0.1, 0.15) is 139 Å². The Morgan fingerprint density at radius 1 is 0.870 bits per heavy atom. The van der Waals surface area contributed by atoms with Crippen LogP contribution in [-0.2, 0) is 23.9 Å². The molecule has 1 aliphatic heterocycles. The average Bonchev–Trinajstić information content (AvgIpc) is 3.41. The Hall–Kier alpha value is -2.26. The fraction of sp³-hybridized carbons (Fsp3) is 0.867. The summed E-state index contributed by atoms with van der Waals surface area (Å²) in [6.45, 7) is 22.0. The van der Waals surface area contributed by atoms with E-state index in [1.807, 2.05) is 13.8 Å². The molecule has 0 aromatic carbocycles. The van der Waals surface area contributed by atoms with E-state index in [1.165, 1.54) is 5.57 Å². The van der Waals surface area contributed by atoms with Gasteiger partial charge in [-0.25, -0.2) is 0 Å². The molecule has 5 saturated carbocycles. The quantitative estimate of drug-likeness (QED) is 0.193. The topological polar surface area (TPSA) is 142 Å². The second kappa shape index (κ2) is 13.4. The number of rotatable bonds is 8. The maximum atomic E-state index is 14.1. The molecule has 6 aliphatic carbocycles. The van der Waals surface area contributed by atoms with Crippen molar-refractivity contribution in [2.24, 2.45) is 73.9 Å². The normalized spacial score (nSPS) is 44.2. The molecule has 1 heterocycles. The molecule has 0 aromatic heterocycles. The van der Waals surface area contributed by atoms with Crippen molar-refractivity contribution in [1.29, 1.82) is 0 Å². The van der Waals surface area contributed by atoms with Crippen molar-refractivity contribution in [1.82, 2.24) is 10.6 Å². The van der Waals surface area contributed by atoms with Gasteiger partial charge in [0.15, 0.2) is 5.78 Å². The molecule has 0 aromatic rings. The fourth-order valence-electron chi connectivity index (χ4n) is 14.9.